The third-order valence-corrected chi connectivity index (χ3v) is 2.49. The Morgan fingerprint density at radius 1 is 1.46 bits per heavy atom. The van der Waals surface area contributed by atoms with Crippen molar-refractivity contribution in [3.8, 4) is 0 Å². The van der Waals surface area contributed by atoms with Crippen molar-refractivity contribution in [2.45, 2.75) is 13.0 Å². The summed E-state index contributed by atoms with van der Waals surface area (Å²) in [7, 11) is 1.96. The van der Waals surface area contributed by atoms with E-state index in [0.29, 0.717) is 0 Å². The number of nitrogens with one attached hydrogen (secondary N) is 2. The maximum absolute atomic E-state index is 5.11. The minimum absolute atomic E-state index is 0.827. The van der Waals surface area contributed by atoms with Crippen molar-refractivity contribution in [2.24, 2.45) is 0 Å². The Hall–Kier alpha value is -0.320. The third kappa shape index (κ3) is 3.93. The summed E-state index contributed by atoms with van der Waals surface area (Å²) in [5, 5.41) is 6.44. The van der Waals surface area contributed by atoms with E-state index < -0.39 is 0 Å². The summed E-state index contributed by atoms with van der Waals surface area (Å²) in [5.41, 5.74) is 1.17. The van der Waals surface area contributed by atoms with Crippen LogP contribution in [0, 0.1) is 0 Å². The Labute approximate surface area is 87.0 Å². The Kier molecular flexibility index (Phi) is 5.12. The molecule has 13 heavy (non-hydrogen) atoms. The molecule has 0 aliphatic heterocycles. The van der Waals surface area contributed by atoms with Crippen molar-refractivity contribution in [2.75, 3.05) is 20.1 Å². The second-order valence-electron chi connectivity index (χ2n) is 2.85. The van der Waals surface area contributed by atoms with E-state index in [9.17, 15) is 0 Å². The molecule has 0 aromatic carbocycles. The smallest absolute Gasteiger partial charge is 0.173 e. The second kappa shape index (κ2) is 6.18. The van der Waals surface area contributed by atoms with Crippen LogP contribution in [-0.2, 0) is 6.54 Å². The Morgan fingerprint density at radius 2 is 2.31 bits per heavy atom. The first-order valence-corrected chi connectivity index (χ1v) is 5.21. The average molecular weight is 247 g/mol. The molecule has 1 aromatic rings. The fourth-order valence-electron chi connectivity index (χ4n) is 1.06. The van der Waals surface area contributed by atoms with Gasteiger partial charge in [0.2, 0.25) is 0 Å². The quantitative estimate of drug-likeness (QED) is 0.752. The summed E-state index contributed by atoms with van der Waals surface area (Å²) in [5.74, 6) is 0. The molecule has 0 spiro atoms. The molecule has 0 radical (unpaired) electrons. The highest BCUT2D eigenvalue weighted by atomic mass is 79.9. The third-order valence-electron chi connectivity index (χ3n) is 1.79. The van der Waals surface area contributed by atoms with Crippen molar-refractivity contribution < 1.29 is 4.42 Å². The van der Waals surface area contributed by atoms with Gasteiger partial charge in [-0.25, -0.2) is 0 Å². The number of rotatable bonds is 6. The van der Waals surface area contributed by atoms with Crippen LogP contribution in [0.15, 0.2) is 21.4 Å². The molecular weight excluding hydrogens is 232 g/mol. The van der Waals surface area contributed by atoms with Crippen LogP contribution in [0.3, 0.4) is 0 Å². The van der Waals surface area contributed by atoms with E-state index >= 15 is 0 Å². The van der Waals surface area contributed by atoms with Gasteiger partial charge < -0.3 is 15.1 Å². The van der Waals surface area contributed by atoms with Gasteiger partial charge in [0.25, 0.3) is 0 Å². The van der Waals surface area contributed by atoms with Gasteiger partial charge in [-0.15, -0.1) is 0 Å². The lowest BCUT2D eigenvalue weighted by Crippen LogP contribution is -2.19. The largest absolute Gasteiger partial charge is 0.457 e. The van der Waals surface area contributed by atoms with E-state index in [-0.39, 0.29) is 0 Å². The zero-order valence-corrected chi connectivity index (χ0v) is 9.36. The maximum atomic E-state index is 5.11. The Bertz CT molecular complexity index is 237. The van der Waals surface area contributed by atoms with E-state index in [4.69, 9.17) is 4.42 Å². The van der Waals surface area contributed by atoms with E-state index in [1.807, 2.05) is 13.1 Å². The highest BCUT2D eigenvalue weighted by Gasteiger charge is 2.00. The molecule has 1 rings (SSSR count). The van der Waals surface area contributed by atoms with Gasteiger partial charge in [0.1, 0.15) is 0 Å². The minimum Gasteiger partial charge on any atom is -0.457 e. The number of furan rings is 1. The lowest BCUT2D eigenvalue weighted by molar-refractivity contribution is 0.532. The van der Waals surface area contributed by atoms with Gasteiger partial charge in [0, 0.05) is 12.1 Å². The topological polar surface area (TPSA) is 37.2 Å². The first kappa shape index (κ1) is 10.8. The molecule has 0 bridgehead atoms. The molecule has 2 N–H and O–H groups in total. The first-order chi connectivity index (χ1) is 6.34. The zero-order chi connectivity index (χ0) is 9.52. The highest BCUT2D eigenvalue weighted by molar-refractivity contribution is 9.10. The standard InChI is InChI=1S/C9H15BrN2O/c1-11-4-2-5-12-7-8-3-6-13-9(8)10/h3,6,11-12H,2,4-5,7H2,1H3. The molecule has 0 aliphatic carbocycles. The van der Waals surface area contributed by atoms with Crippen LogP contribution in [0.2, 0.25) is 0 Å². The molecule has 0 atom stereocenters. The van der Waals surface area contributed by atoms with Crippen LogP contribution < -0.4 is 10.6 Å². The molecule has 0 saturated carbocycles. The molecule has 0 saturated heterocycles. The number of hydrogen-bond acceptors (Lipinski definition) is 3. The number of halogens is 1. The summed E-state index contributed by atoms with van der Waals surface area (Å²) in [6.07, 6.45) is 2.83. The van der Waals surface area contributed by atoms with Crippen LogP contribution in [-0.4, -0.2) is 20.1 Å². The second-order valence-corrected chi connectivity index (χ2v) is 3.57. The lowest BCUT2D eigenvalue weighted by Gasteiger charge is -2.02. The van der Waals surface area contributed by atoms with Gasteiger partial charge >= 0.3 is 0 Å². The van der Waals surface area contributed by atoms with Crippen LogP contribution in [0.5, 0.6) is 0 Å². The summed E-state index contributed by atoms with van der Waals surface area (Å²) in [6, 6.07) is 1.97. The minimum atomic E-state index is 0.827. The van der Waals surface area contributed by atoms with Crippen LogP contribution in [0.4, 0.5) is 0 Å². The molecule has 0 fully saturated rings. The molecule has 3 nitrogen and oxygen atoms in total. The van der Waals surface area contributed by atoms with Crippen molar-refractivity contribution in [3.63, 3.8) is 0 Å². The van der Waals surface area contributed by atoms with Crippen LogP contribution in [0.1, 0.15) is 12.0 Å². The molecule has 0 unspecified atom stereocenters. The predicted molar refractivity (Wildman–Crippen MR) is 56.7 cm³/mol. The van der Waals surface area contributed by atoms with Crippen molar-refractivity contribution >= 4 is 15.9 Å². The summed E-state index contributed by atoms with van der Waals surface area (Å²) in [4.78, 5) is 0. The molecule has 4 heteroatoms. The maximum Gasteiger partial charge on any atom is 0.173 e. The Balaban J connectivity index is 2.10. The lowest BCUT2D eigenvalue weighted by atomic mass is 10.3. The van der Waals surface area contributed by atoms with Gasteiger partial charge in [0.05, 0.1) is 6.26 Å². The Morgan fingerprint density at radius 3 is 2.92 bits per heavy atom. The fraction of sp³-hybridized carbons (Fsp3) is 0.556. The fourth-order valence-corrected chi connectivity index (χ4v) is 1.44. The monoisotopic (exact) mass is 246 g/mol. The summed E-state index contributed by atoms with van der Waals surface area (Å²) >= 11 is 3.33. The van der Waals surface area contributed by atoms with Gasteiger partial charge in [-0.1, -0.05) is 0 Å². The molecule has 1 heterocycles. The molecule has 1 aromatic heterocycles. The molecular formula is C9H15BrN2O. The van der Waals surface area contributed by atoms with Gasteiger partial charge in [-0.05, 0) is 48.6 Å². The van der Waals surface area contributed by atoms with E-state index in [1.54, 1.807) is 6.26 Å². The summed E-state index contributed by atoms with van der Waals surface area (Å²) < 4.78 is 5.93. The van der Waals surface area contributed by atoms with Crippen molar-refractivity contribution in [3.05, 3.63) is 22.6 Å². The number of hydrogen-bond donors (Lipinski definition) is 2. The average Bonchev–Trinajstić information content (AvgIpc) is 2.52. The normalized spacial score (nSPS) is 10.6. The van der Waals surface area contributed by atoms with Crippen molar-refractivity contribution in [1.29, 1.82) is 0 Å². The molecule has 0 amide bonds. The zero-order valence-electron chi connectivity index (χ0n) is 7.77. The van der Waals surface area contributed by atoms with E-state index in [1.165, 1.54) is 5.56 Å². The van der Waals surface area contributed by atoms with E-state index in [0.717, 1.165) is 30.7 Å². The molecule has 0 aliphatic rings. The predicted octanol–water partition coefficient (Wildman–Crippen LogP) is 1.74. The summed E-state index contributed by atoms with van der Waals surface area (Å²) in [6.45, 7) is 2.94. The van der Waals surface area contributed by atoms with Gasteiger partial charge in [-0.2, -0.15) is 0 Å². The molecule has 74 valence electrons. The van der Waals surface area contributed by atoms with Gasteiger partial charge in [0.15, 0.2) is 4.67 Å². The van der Waals surface area contributed by atoms with E-state index in [2.05, 4.69) is 26.6 Å². The SMILES string of the molecule is CNCCCNCc1ccoc1Br. The van der Waals surface area contributed by atoms with Crippen LogP contribution >= 0.6 is 15.9 Å². The van der Waals surface area contributed by atoms with Crippen LogP contribution in [0.25, 0.3) is 0 Å². The van der Waals surface area contributed by atoms with Gasteiger partial charge in [-0.3, -0.25) is 0 Å². The van der Waals surface area contributed by atoms with Crippen molar-refractivity contribution in [1.82, 2.24) is 10.6 Å². The first-order valence-electron chi connectivity index (χ1n) is 4.42. The highest BCUT2D eigenvalue weighted by Crippen LogP contribution is 2.16.